The second-order valence-corrected chi connectivity index (χ2v) is 1.84. The van der Waals surface area contributed by atoms with Crippen molar-refractivity contribution in [3.05, 3.63) is 11.4 Å². The molecule has 0 heterocycles. The average Bonchev–Trinajstić information content (AvgIpc) is 2.02. The minimum atomic E-state index is -1.12. The lowest BCUT2D eigenvalue weighted by molar-refractivity contribution is -0.140. The highest BCUT2D eigenvalue weighted by atomic mass is 19.1. The van der Waals surface area contributed by atoms with Crippen molar-refractivity contribution in [3.63, 3.8) is 0 Å². The Labute approximate surface area is 63.8 Å². The van der Waals surface area contributed by atoms with Crippen molar-refractivity contribution in [1.29, 1.82) is 0 Å². The van der Waals surface area contributed by atoms with Gasteiger partial charge in [0.1, 0.15) is 6.29 Å². The Morgan fingerprint density at radius 1 is 1.64 bits per heavy atom. The summed E-state index contributed by atoms with van der Waals surface area (Å²) in [6, 6.07) is 0. The molecule has 0 amide bonds. The normalized spacial score (nSPS) is 11.9. The van der Waals surface area contributed by atoms with E-state index in [0.29, 0.717) is 0 Å². The Bertz CT molecular complexity index is 196. The van der Waals surface area contributed by atoms with Gasteiger partial charge in [0.15, 0.2) is 0 Å². The first-order valence-electron chi connectivity index (χ1n) is 3.12. The first-order valence-corrected chi connectivity index (χ1v) is 3.12. The van der Waals surface area contributed by atoms with Crippen LogP contribution in [0.3, 0.4) is 0 Å². The molecule has 0 fully saturated rings. The molecule has 0 spiro atoms. The van der Waals surface area contributed by atoms with Gasteiger partial charge in [-0.15, -0.1) is 0 Å². The molecule has 0 saturated carbocycles. The Morgan fingerprint density at radius 2 is 2.18 bits per heavy atom. The molecule has 0 saturated heterocycles. The Balaban J connectivity index is 4.33. The number of hydrogen-bond donors (Lipinski definition) is 0. The zero-order valence-electron chi connectivity index (χ0n) is 6.39. The lowest BCUT2D eigenvalue weighted by atomic mass is 10.3. The van der Waals surface area contributed by atoms with Crippen molar-refractivity contribution in [2.75, 3.05) is 6.61 Å². The topological polar surface area (TPSA) is 43.4 Å². The van der Waals surface area contributed by atoms with Crippen molar-refractivity contribution >= 4 is 12.3 Å². The van der Waals surface area contributed by atoms with Gasteiger partial charge in [-0.1, -0.05) is 0 Å². The van der Waals surface area contributed by atoms with Gasteiger partial charge in [-0.2, -0.15) is 4.39 Å². The number of hydrogen-bond acceptors (Lipinski definition) is 3. The third kappa shape index (κ3) is 2.93. The van der Waals surface area contributed by atoms with E-state index < -0.39 is 11.8 Å². The fourth-order valence-corrected chi connectivity index (χ4v) is 0.407. The van der Waals surface area contributed by atoms with Crippen LogP contribution in [0.1, 0.15) is 13.8 Å². The Hall–Kier alpha value is -1.19. The zero-order valence-corrected chi connectivity index (χ0v) is 6.39. The molecule has 0 rings (SSSR count). The lowest BCUT2D eigenvalue weighted by Crippen LogP contribution is -2.06. The van der Waals surface area contributed by atoms with Crippen LogP contribution in [0, 0.1) is 0 Å². The van der Waals surface area contributed by atoms with Crippen LogP contribution in [0.5, 0.6) is 0 Å². The van der Waals surface area contributed by atoms with E-state index in [1.807, 2.05) is 0 Å². The Kier molecular flexibility index (Phi) is 4.10. The second-order valence-electron chi connectivity index (χ2n) is 1.84. The van der Waals surface area contributed by atoms with Gasteiger partial charge in [-0.3, -0.25) is 4.79 Å². The Morgan fingerprint density at radius 3 is 2.55 bits per heavy atom. The minimum Gasteiger partial charge on any atom is -0.461 e. The van der Waals surface area contributed by atoms with E-state index >= 15 is 0 Å². The summed E-state index contributed by atoms with van der Waals surface area (Å²) in [6.45, 7) is 2.86. The molecule has 0 N–H and O–H groups in total. The standard InChI is InChI=1S/C7H9FO3/c1-3-11-7(10)6(8)5(2)4-9/h4H,3H2,1-2H3/b6-5-. The molecular weight excluding hydrogens is 151 g/mol. The van der Waals surface area contributed by atoms with E-state index in [0.717, 1.165) is 0 Å². The van der Waals surface area contributed by atoms with Gasteiger partial charge >= 0.3 is 5.97 Å². The lowest BCUT2D eigenvalue weighted by Gasteiger charge is -1.98. The molecule has 0 aliphatic carbocycles. The fraction of sp³-hybridized carbons (Fsp3) is 0.429. The molecule has 0 aromatic rings. The highest BCUT2D eigenvalue weighted by Gasteiger charge is 2.12. The summed E-state index contributed by atoms with van der Waals surface area (Å²) in [5.74, 6) is -2.21. The van der Waals surface area contributed by atoms with Crippen LogP contribution in [0.2, 0.25) is 0 Å². The molecule has 0 radical (unpaired) electrons. The van der Waals surface area contributed by atoms with Gasteiger partial charge in [0.2, 0.25) is 5.83 Å². The molecule has 0 aromatic heterocycles. The van der Waals surface area contributed by atoms with Crippen LogP contribution in [0.4, 0.5) is 4.39 Å². The summed E-state index contributed by atoms with van der Waals surface area (Å²) < 4.78 is 16.8. The number of halogens is 1. The van der Waals surface area contributed by atoms with E-state index in [9.17, 15) is 14.0 Å². The SMILES string of the molecule is CCOC(=O)/C(F)=C(\C)C=O. The first kappa shape index (κ1) is 9.81. The maximum atomic E-state index is 12.6. The van der Waals surface area contributed by atoms with Crippen molar-refractivity contribution in [3.8, 4) is 0 Å². The number of esters is 1. The smallest absolute Gasteiger partial charge is 0.367 e. The maximum Gasteiger partial charge on any atom is 0.367 e. The minimum absolute atomic E-state index is 0.0956. The molecule has 3 nitrogen and oxygen atoms in total. The summed E-state index contributed by atoms with van der Waals surface area (Å²) in [7, 11) is 0. The molecule has 0 aliphatic heterocycles. The second kappa shape index (κ2) is 4.60. The number of aldehydes is 1. The molecule has 0 aliphatic rings. The van der Waals surface area contributed by atoms with Crippen LogP contribution < -0.4 is 0 Å². The van der Waals surface area contributed by atoms with E-state index in [1.165, 1.54) is 6.92 Å². The molecule has 0 atom stereocenters. The summed E-state index contributed by atoms with van der Waals surface area (Å²) in [6.07, 6.45) is 0.270. The number of carbonyl (C=O) groups is 2. The molecule has 62 valence electrons. The van der Waals surface area contributed by atoms with Crippen LogP contribution >= 0.6 is 0 Å². The monoisotopic (exact) mass is 160 g/mol. The summed E-state index contributed by atoms with van der Waals surface area (Å²) in [5.41, 5.74) is -0.247. The quantitative estimate of drug-likeness (QED) is 0.351. The molecular formula is C7H9FO3. The first-order chi connectivity index (χ1) is 5.13. The van der Waals surface area contributed by atoms with Crippen LogP contribution in [-0.4, -0.2) is 18.9 Å². The largest absolute Gasteiger partial charge is 0.461 e. The van der Waals surface area contributed by atoms with Gasteiger partial charge in [0.05, 0.1) is 6.61 Å². The molecule has 4 heteroatoms. The summed E-state index contributed by atoms with van der Waals surface area (Å²) in [5, 5.41) is 0. The molecule has 0 unspecified atom stereocenters. The van der Waals surface area contributed by atoms with Gasteiger partial charge < -0.3 is 4.74 Å². The summed E-state index contributed by atoms with van der Waals surface area (Å²) >= 11 is 0. The maximum absolute atomic E-state index is 12.6. The van der Waals surface area contributed by atoms with Crippen molar-refractivity contribution in [1.82, 2.24) is 0 Å². The predicted octanol–water partition coefficient (Wildman–Crippen LogP) is 0.992. The number of allylic oxidation sites excluding steroid dienone is 1. The van der Waals surface area contributed by atoms with Crippen molar-refractivity contribution in [2.45, 2.75) is 13.8 Å². The number of rotatable bonds is 3. The van der Waals surface area contributed by atoms with E-state index in [1.54, 1.807) is 6.92 Å². The highest BCUT2D eigenvalue weighted by Crippen LogP contribution is 2.04. The predicted molar refractivity (Wildman–Crippen MR) is 36.5 cm³/mol. The van der Waals surface area contributed by atoms with E-state index in [4.69, 9.17) is 0 Å². The molecule has 11 heavy (non-hydrogen) atoms. The zero-order chi connectivity index (χ0) is 8.85. The van der Waals surface area contributed by atoms with E-state index in [-0.39, 0.29) is 18.5 Å². The van der Waals surface area contributed by atoms with Gasteiger partial charge in [0, 0.05) is 5.57 Å². The van der Waals surface area contributed by atoms with Gasteiger partial charge in [0.25, 0.3) is 0 Å². The molecule has 0 aromatic carbocycles. The van der Waals surface area contributed by atoms with Crippen LogP contribution in [0.25, 0.3) is 0 Å². The van der Waals surface area contributed by atoms with Crippen LogP contribution in [-0.2, 0) is 14.3 Å². The van der Waals surface area contributed by atoms with Gasteiger partial charge in [-0.25, -0.2) is 4.79 Å². The average molecular weight is 160 g/mol. The van der Waals surface area contributed by atoms with Crippen LogP contribution in [0.15, 0.2) is 11.4 Å². The highest BCUT2D eigenvalue weighted by molar-refractivity contribution is 5.92. The third-order valence-electron chi connectivity index (χ3n) is 0.978. The van der Waals surface area contributed by atoms with E-state index in [2.05, 4.69) is 4.74 Å². The summed E-state index contributed by atoms with van der Waals surface area (Å²) in [4.78, 5) is 20.5. The third-order valence-corrected chi connectivity index (χ3v) is 0.978. The van der Waals surface area contributed by atoms with Crippen molar-refractivity contribution in [2.24, 2.45) is 0 Å². The number of ether oxygens (including phenoxy) is 1. The molecule has 0 bridgehead atoms. The number of carbonyl (C=O) groups excluding carboxylic acids is 2. The van der Waals surface area contributed by atoms with Gasteiger partial charge in [-0.05, 0) is 13.8 Å². The van der Waals surface area contributed by atoms with Crippen molar-refractivity contribution < 1.29 is 18.7 Å². The fourth-order valence-electron chi connectivity index (χ4n) is 0.407.